The minimum atomic E-state index is -1.20. The highest BCUT2D eigenvalue weighted by Crippen LogP contribution is 2.27. The lowest BCUT2D eigenvalue weighted by molar-refractivity contribution is -0.115. The molecule has 0 aliphatic carbocycles. The lowest BCUT2D eigenvalue weighted by atomic mass is 10.3. The Morgan fingerprint density at radius 2 is 1.93 bits per heavy atom. The van der Waals surface area contributed by atoms with Crippen molar-refractivity contribution in [1.29, 1.82) is 0 Å². The summed E-state index contributed by atoms with van der Waals surface area (Å²) in [5.74, 6) is 0.875. The number of alkyl halides is 1. The molecule has 76 valence electrons. The molecule has 1 aromatic rings. The van der Waals surface area contributed by atoms with Crippen molar-refractivity contribution in [2.24, 2.45) is 0 Å². The van der Waals surface area contributed by atoms with Crippen LogP contribution in [0.2, 0.25) is 0 Å². The normalized spacial score (nSPS) is 11.9. The van der Waals surface area contributed by atoms with Gasteiger partial charge in [-0.2, -0.15) is 0 Å². The molecule has 14 heavy (non-hydrogen) atoms. The van der Waals surface area contributed by atoms with Gasteiger partial charge in [0.25, 0.3) is 5.24 Å². The van der Waals surface area contributed by atoms with E-state index in [0.717, 1.165) is 0 Å². The Bertz CT molecular complexity index is 328. The van der Waals surface area contributed by atoms with Crippen LogP contribution in [0.1, 0.15) is 0 Å². The third-order valence-electron chi connectivity index (χ3n) is 1.48. The fourth-order valence-corrected chi connectivity index (χ4v) is 1.01. The maximum absolute atomic E-state index is 10.6. The molecule has 0 fully saturated rings. The second-order valence-corrected chi connectivity index (χ2v) is 3.16. The quantitative estimate of drug-likeness (QED) is 0.593. The molecule has 0 aliphatic heterocycles. The molecule has 0 bridgehead atoms. The molecule has 0 aliphatic rings. The van der Waals surface area contributed by atoms with Gasteiger partial charge in [-0.05, 0) is 23.7 Å². The van der Waals surface area contributed by atoms with E-state index < -0.39 is 10.8 Å². The lowest BCUT2D eigenvalue weighted by Gasteiger charge is -2.11. The number of hydrogen-bond donors (Lipinski definition) is 0. The zero-order chi connectivity index (χ0) is 10.6. The zero-order valence-corrected chi connectivity index (χ0v) is 8.88. The number of hydrogen-bond acceptors (Lipinski definition) is 3. The summed E-state index contributed by atoms with van der Waals surface area (Å²) in [7, 11) is 1.49. The summed E-state index contributed by atoms with van der Waals surface area (Å²) in [5, 5.41) is -0.766. The van der Waals surface area contributed by atoms with Gasteiger partial charge in [-0.3, -0.25) is 4.79 Å². The Morgan fingerprint density at radius 3 is 2.43 bits per heavy atom. The summed E-state index contributed by atoms with van der Waals surface area (Å²) in [5.41, 5.74) is -1.20. The van der Waals surface area contributed by atoms with Gasteiger partial charge >= 0.3 is 0 Å². The Balaban J connectivity index is 2.80. The molecule has 3 nitrogen and oxygen atoms in total. The van der Waals surface area contributed by atoms with Gasteiger partial charge < -0.3 is 9.47 Å². The monoisotopic (exact) mass is 234 g/mol. The molecule has 0 amide bonds. The van der Waals surface area contributed by atoms with Crippen LogP contribution in [-0.2, 0) is 4.79 Å². The van der Waals surface area contributed by atoms with Crippen molar-refractivity contribution in [1.82, 2.24) is 0 Å². The van der Waals surface area contributed by atoms with E-state index in [0.29, 0.717) is 11.5 Å². The molecular weight excluding hydrogens is 227 g/mol. The first-order valence-electron chi connectivity index (χ1n) is 3.78. The van der Waals surface area contributed by atoms with Crippen LogP contribution in [0.25, 0.3) is 0 Å². The molecule has 0 saturated carbocycles. The Morgan fingerprint density at radius 1 is 1.36 bits per heavy atom. The molecule has 1 atom stereocenters. The average molecular weight is 235 g/mol. The van der Waals surface area contributed by atoms with E-state index in [1.807, 2.05) is 0 Å². The summed E-state index contributed by atoms with van der Waals surface area (Å²) in [6.45, 7) is 0. The van der Waals surface area contributed by atoms with Gasteiger partial charge in [-0.1, -0.05) is 23.7 Å². The number of para-hydroxylation sites is 2. The van der Waals surface area contributed by atoms with Gasteiger partial charge in [0.2, 0.25) is 5.56 Å². The Kier molecular flexibility index (Phi) is 4.04. The highest BCUT2D eigenvalue weighted by Gasteiger charge is 2.15. The smallest absolute Gasteiger partial charge is 0.278 e. The van der Waals surface area contributed by atoms with Crippen molar-refractivity contribution in [2.75, 3.05) is 7.11 Å². The second kappa shape index (κ2) is 5.08. The van der Waals surface area contributed by atoms with Crippen molar-refractivity contribution in [3.63, 3.8) is 0 Å². The summed E-state index contributed by atoms with van der Waals surface area (Å²) in [4.78, 5) is 10.6. The number of benzene rings is 1. The van der Waals surface area contributed by atoms with Crippen molar-refractivity contribution in [2.45, 2.75) is 5.56 Å². The van der Waals surface area contributed by atoms with Gasteiger partial charge in [0.05, 0.1) is 7.11 Å². The predicted molar refractivity (Wildman–Crippen MR) is 54.1 cm³/mol. The molecule has 0 heterocycles. The maximum Gasteiger partial charge on any atom is 0.278 e. The molecule has 0 spiro atoms. The fraction of sp³-hybridized carbons (Fsp3) is 0.222. The molecule has 5 heteroatoms. The number of carbonyl (C=O) groups is 1. The molecule has 1 rings (SSSR count). The third-order valence-corrected chi connectivity index (χ3v) is 2.08. The first-order valence-corrected chi connectivity index (χ1v) is 4.59. The number of halogens is 2. The van der Waals surface area contributed by atoms with Crippen LogP contribution in [-0.4, -0.2) is 17.9 Å². The van der Waals surface area contributed by atoms with E-state index in [1.165, 1.54) is 7.11 Å². The number of carbonyl (C=O) groups excluding carboxylic acids is 1. The van der Waals surface area contributed by atoms with E-state index in [1.54, 1.807) is 24.3 Å². The molecular formula is C9H8Cl2O3. The van der Waals surface area contributed by atoms with Crippen LogP contribution in [0.15, 0.2) is 24.3 Å². The number of ether oxygens (including phenoxy) is 2. The first kappa shape index (κ1) is 11.1. The van der Waals surface area contributed by atoms with Crippen LogP contribution in [0.5, 0.6) is 11.5 Å². The minimum absolute atomic E-state index is 0.379. The summed E-state index contributed by atoms with van der Waals surface area (Å²) in [6, 6.07) is 6.84. The van der Waals surface area contributed by atoms with Crippen molar-refractivity contribution in [3.8, 4) is 11.5 Å². The molecule has 0 radical (unpaired) electrons. The first-order chi connectivity index (χ1) is 6.65. The van der Waals surface area contributed by atoms with Crippen LogP contribution < -0.4 is 9.47 Å². The van der Waals surface area contributed by atoms with Gasteiger partial charge in [0.15, 0.2) is 11.5 Å². The SMILES string of the molecule is COc1ccccc1OC(Cl)C(=O)Cl. The van der Waals surface area contributed by atoms with E-state index in [4.69, 9.17) is 32.7 Å². The molecule has 0 aromatic heterocycles. The summed E-state index contributed by atoms with van der Waals surface area (Å²) in [6.07, 6.45) is 0. The average Bonchev–Trinajstić information content (AvgIpc) is 2.18. The fourth-order valence-electron chi connectivity index (χ4n) is 0.874. The molecule has 0 saturated heterocycles. The molecule has 1 aromatic carbocycles. The van der Waals surface area contributed by atoms with Crippen molar-refractivity contribution >= 4 is 28.4 Å². The van der Waals surface area contributed by atoms with E-state index in [2.05, 4.69) is 0 Å². The topological polar surface area (TPSA) is 35.5 Å². The zero-order valence-electron chi connectivity index (χ0n) is 7.37. The highest BCUT2D eigenvalue weighted by atomic mass is 35.5. The number of rotatable bonds is 4. The van der Waals surface area contributed by atoms with Gasteiger partial charge in [-0.15, -0.1) is 0 Å². The summed E-state index contributed by atoms with van der Waals surface area (Å²) < 4.78 is 10.0. The Hall–Kier alpha value is -0.930. The van der Waals surface area contributed by atoms with Crippen molar-refractivity contribution < 1.29 is 14.3 Å². The third kappa shape index (κ3) is 2.79. The largest absolute Gasteiger partial charge is 0.493 e. The van der Waals surface area contributed by atoms with Crippen LogP contribution >= 0.6 is 23.2 Å². The van der Waals surface area contributed by atoms with Gasteiger partial charge in [-0.25, -0.2) is 0 Å². The second-order valence-electron chi connectivity index (χ2n) is 2.39. The van der Waals surface area contributed by atoms with Gasteiger partial charge in [0.1, 0.15) is 0 Å². The predicted octanol–water partition coefficient (Wildman–Crippen LogP) is 2.40. The summed E-state index contributed by atoms with van der Waals surface area (Å²) >= 11 is 10.7. The highest BCUT2D eigenvalue weighted by molar-refractivity contribution is 6.68. The minimum Gasteiger partial charge on any atom is -0.493 e. The van der Waals surface area contributed by atoms with Crippen LogP contribution in [0.4, 0.5) is 0 Å². The van der Waals surface area contributed by atoms with Crippen LogP contribution in [0, 0.1) is 0 Å². The molecule has 1 unspecified atom stereocenters. The maximum atomic E-state index is 10.6. The Labute approximate surface area is 91.5 Å². The lowest BCUT2D eigenvalue weighted by Crippen LogP contribution is -2.16. The number of methoxy groups -OCH3 is 1. The van der Waals surface area contributed by atoms with Gasteiger partial charge in [0, 0.05) is 0 Å². The van der Waals surface area contributed by atoms with E-state index in [9.17, 15) is 4.79 Å². The molecule has 0 N–H and O–H groups in total. The van der Waals surface area contributed by atoms with E-state index >= 15 is 0 Å². The standard InChI is InChI=1S/C9H8Cl2O3/c1-13-6-4-2-3-5-7(6)14-9(11)8(10)12/h2-5,9H,1H3. The van der Waals surface area contributed by atoms with Crippen molar-refractivity contribution in [3.05, 3.63) is 24.3 Å². The van der Waals surface area contributed by atoms with E-state index in [-0.39, 0.29) is 0 Å². The van der Waals surface area contributed by atoms with Crippen LogP contribution in [0.3, 0.4) is 0 Å².